The molecule has 2 aromatic heterocycles. The number of aryl methyl sites for hydroxylation is 1. The predicted octanol–water partition coefficient (Wildman–Crippen LogP) is 3.03. The molecule has 0 spiro atoms. The van der Waals surface area contributed by atoms with Crippen LogP contribution in [0.1, 0.15) is 9.75 Å². The molecule has 0 aliphatic rings. The van der Waals surface area contributed by atoms with Crippen molar-refractivity contribution in [3.8, 4) is 17.1 Å². The average Bonchev–Trinajstić information content (AvgIpc) is 3.16. The van der Waals surface area contributed by atoms with E-state index in [1.54, 1.807) is 18.4 Å². The average molecular weight is 328 g/mol. The lowest BCUT2D eigenvalue weighted by Gasteiger charge is -2.04. The number of ether oxygens (including phenoxy) is 1. The van der Waals surface area contributed by atoms with Crippen molar-refractivity contribution >= 4 is 23.2 Å². The minimum absolute atomic E-state index is 0.141. The number of nitrogens with zero attached hydrogens (tertiary/aromatic N) is 2. The fourth-order valence-corrected chi connectivity index (χ4v) is 3.07. The van der Waals surface area contributed by atoms with Crippen LogP contribution in [-0.2, 0) is 11.2 Å². The highest BCUT2D eigenvalue weighted by Crippen LogP contribution is 2.27. The summed E-state index contributed by atoms with van der Waals surface area (Å²) in [5.41, 5.74) is 0.789. The number of carbonyl (C=O) groups is 1. The second kappa shape index (κ2) is 6.62. The summed E-state index contributed by atoms with van der Waals surface area (Å²) in [6, 6.07) is 11.4. The smallest absolute Gasteiger partial charge is 0.249 e. The Balaban J connectivity index is 1.71. The molecule has 1 aromatic carbocycles. The summed E-state index contributed by atoms with van der Waals surface area (Å²) >= 11 is 1.61. The number of amides is 1. The minimum atomic E-state index is -0.141. The monoisotopic (exact) mass is 328 g/mol. The lowest BCUT2D eigenvalue weighted by molar-refractivity contribution is -0.115. The molecule has 6 nitrogen and oxygen atoms in total. The standard InChI is InChI=1S/C16H16N4O2S/c1-10-7-8-11(23-10)9-14(21)17-16-18-15(19-20-16)12-5-3-4-6-13(12)22-2/h3-8H,9H2,1-2H3,(H2,17,18,19,20,21). The number of aromatic amines is 1. The van der Waals surface area contributed by atoms with Crippen LogP contribution in [0.5, 0.6) is 5.75 Å². The zero-order chi connectivity index (χ0) is 16.2. The van der Waals surface area contributed by atoms with Gasteiger partial charge >= 0.3 is 0 Å². The van der Waals surface area contributed by atoms with Gasteiger partial charge in [0, 0.05) is 9.75 Å². The van der Waals surface area contributed by atoms with E-state index >= 15 is 0 Å². The molecule has 3 aromatic rings. The summed E-state index contributed by atoms with van der Waals surface area (Å²) in [7, 11) is 1.60. The van der Waals surface area contributed by atoms with Crippen LogP contribution in [0.15, 0.2) is 36.4 Å². The summed E-state index contributed by atoms with van der Waals surface area (Å²) in [4.78, 5) is 18.5. The zero-order valence-electron chi connectivity index (χ0n) is 12.8. The zero-order valence-corrected chi connectivity index (χ0v) is 13.6. The fraction of sp³-hybridized carbons (Fsp3) is 0.188. The number of H-pyrrole nitrogens is 1. The Morgan fingerprint density at radius 3 is 2.87 bits per heavy atom. The first-order valence-electron chi connectivity index (χ1n) is 7.06. The maximum absolute atomic E-state index is 12.0. The van der Waals surface area contributed by atoms with E-state index in [0.29, 0.717) is 18.0 Å². The summed E-state index contributed by atoms with van der Waals surface area (Å²) in [5.74, 6) is 1.35. The van der Waals surface area contributed by atoms with E-state index in [9.17, 15) is 4.79 Å². The van der Waals surface area contributed by atoms with Gasteiger partial charge < -0.3 is 4.74 Å². The van der Waals surface area contributed by atoms with Crippen molar-refractivity contribution in [3.05, 3.63) is 46.2 Å². The van der Waals surface area contributed by atoms with E-state index in [0.717, 1.165) is 10.4 Å². The number of carbonyl (C=O) groups excluding carboxylic acids is 1. The number of methoxy groups -OCH3 is 1. The lowest BCUT2D eigenvalue weighted by Crippen LogP contribution is -2.14. The first-order valence-corrected chi connectivity index (χ1v) is 7.88. The first kappa shape index (κ1) is 15.2. The van der Waals surface area contributed by atoms with Crippen LogP contribution in [0.25, 0.3) is 11.4 Å². The van der Waals surface area contributed by atoms with Crippen LogP contribution in [-0.4, -0.2) is 28.2 Å². The van der Waals surface area contributed by atoms with Gasteiger partial charge in [0.15, 0.2) is 5.82 Å². The molecule has 0 aliphatic heterocycles. The Morgan fingerprint density at radius 1 is 1.30 bits per heavy atom. The van der Waals surface area contributed by atoms with Gasteiger partial charge in [0.2, 0.25) is 11.9 Å². The fourth-order valence-electron chi connectivity index (χ4n) is 2.19. The SMILES string of the molecule is COc1ccccc1-c1nc(NC(=O)Cc2ccc(C)s2)n[nH]1. The van der Waals surface area contributed by atoms with Crippen molar-refractivity contribution < 1.29 is 9.53 Å². The van der Waals surface area contributed by atoms with E-state index < -0.39 is 0 Å². The van der Waals surface area contributed by atoms with Crippen molar-refractivity contribution in [1.29, 1.82) is 0 Å². The van der Waals surface area contributed by atoms with E-state index in [2.05, 4.69) is 20.5 Å². The molecular weight excluding hydrogens is 312 g/mol. The molecule has 0 aliphatic carbocycles. The summed E-state index contributed by atoms with van der Waals surface area (Å²) in [5, 5.41) is 9.55. The third-order valence-electron chi connectivity index (χ3n) is 3.23. The summed E-state index contributed by atoms with van der Waals surface area (Å²) < 4.78 is 5.30. The molecule has 0 atom stereocenters. The van der Waals surface area contributed by atoms with Crippen LogP contribution in [0.4, 0.5) is 5.95 Å². The van der Waals surface area contributed by atoms with Gasteiger partial charge in [-0.05, 0) is 31.2 Å². The van der Waals surface area contributed by atoms with Crippen LogP contribution < -0.4 is 10.1 Å². The largest absolute Gasteiger partial charge is 0.496 e. The van der Waals surface area contributed by atoms with E-state index in [1.165, 1.54) is 4.88 Å². The van der Waals surface area contributed by atoms with Crippen molar-refractivity contribution in [2.24, 2.45) is 0 Å². The molecule has 2 N–H and O–H groups in total. The number of aromatic nitrogens is 3. The van der Waals surface area contributed by atoms with Gasteiger partial charge in [-0.3, -0.25) is 15.2 Å². The highest BCUT2D eigenvalue weighted by molar-refractivity contribution is 7.12. The molecule has 118 valence electrons. The molecule has 3 rings (SSSR count). The molecule has 0 saturated carbocycles. The number of nitrogens with one attached hydrogen (secondary N) is 2. The van der Waals surface area contributed by atoms with E-state index in [4.69, 9.17) is 4.74 Å². The minimum Gasteiger partial charge on any atom is -0.496 e. The highest BCUT2D eigenvalue weighted by atomic mass is 32.1. The number of benzene rings is 1. The van der Waals surface area contributed by atoms with Gasteiger partial charge in [-0.2, -0.15) is 4.98 Å². The van der Waals surface area contributed by atoms with E-state index in [-0.39, 0.29) is 11.9 Å². The van der Waals surface area contributed by atoms with Crippen molar-refractivity contribution in [3.63, 3.8) is 0 Å². The van der Waals surface area contributed by atoms with Crippen molar-refractivity contribution in [1.82, 2.24) is 15.2 Å². The molecule has 2 heterocycles. The molecule has 0 saturated heterocycles. The third-order valence-corrected chi connectivity index (χ3v) is 4.23. The maximum Gasteiger partial charge on any atom is 0.249 e. The third kappa shape index (κ3) is 3.57. The second-order valence-electron chi connectivity index (χ2n) is 4.95. The van der Waals surface area contributed by atoms with Crippen LogP contribution in [0.2, 0.25) is 0 Å². The number of hydrogen-bond donors (Lipinski definition) is 2. The van der Waals surface area contributed by atoms with Crippen molar-refractivity contribution in [2.75, 3.05) is 12.4 Å². The number of anilines is 1. The molecule has 0 unspecified atom stereocenters. The van der Waals surface area contributed by atoms with Gasteiger partial charge in [-0.25, -0.2) is 0 Å². The Bertz CT molecular complexity index is 825. The predicted molar refractivity (Wildman–Crippen MR) is 89.8 cm³/mol. The van der Waals surface area contributed by atoms with Crippen molar-refractivity contribution in [2.45, 2.75) is 13.3 Å². The van der Waals surface area contributed by atoms with Gasteiger partial charge in [-0.1, -0.05) is 12.1 Å². The lowest BCUT2D eigenvalue weighted by atomic mass is 10.2. The number of para-hydroxylation sites is 1. The number of hydrogen-bond acceptors (Lipinski definition) is 5. The number of thiophene rings is 1. The van der Waals surface area contributed by atoms with Crippen LogP contribution in [0, 0.1) is 6.92 Å². The van der Waals surface area contributed by atoms with Gasteiger partial charge in [0.1, 0.15) is 5.75 Å². The van der Waals surface area contributed by atoms with Gasteiger partial charge in [-0.15, -0.1) is 16.4 Å². The molecule has 23 heavy (non-hydrogen) atoms. The molecule has 0 bridgehead atoms. The number of rotatable bonds is 5. The molecular formula is C16H16N4O2S. The Labute approximate surface area is 137 Å². The second-order valence-corrected chi connectivity index (χ2v) is 6.32. The summed E-state index contributed by atoms with van der Waals surface area (Å²) in [6.07, 6.45) is 0.317. The quantitative estimate of drug-likeness (QED) is 0.754. The van der Waals surface area contributed by atoms with Gasteiger partial charge in [0.25, 0.3) is 0 Å². The molecule has 1 amide bonds. The topological polar surface area (TPSA) is 79.9 Å². The molecule has 0 radical (unpaired) electrons. The van der Waals surface area contributed by atoms with Gasteiger partial charge in [0.05, 0.1) is 19.1 Å². The van der Waals surface area contributed by atoms with E-state index in [1.807, 2.05) is 43.3 Å². The maximum atomic E-state index is 12.0. The highest BCUT2D eigenvalue weighted by Gasteiger charge is 2.12. The normalized spacial score (nSPS) is 10.5. The van der Waals surface area contributed by atoms with Crippen LogP contribution in [0.3, 0.4) is 0 Å². The Hall–Kier alpha value is -2.67. The molecule has 0 fully saturated rings. The Morgan fingerprint density at radius 2 is 2.13 bits per heavy atom. The Kier molecular flexibility index (Phi) is 4.38. The molecule has 7 heteroatoms. The van der Waals surface area contributed by atoms with Crippen LogP contribution >= 0.6 is 11.3 Å². The summed E-state index contributed by atoms with van der Waals surface area (Å²) in [6.45, 7) is 2.01. The first-order chi connectivity index (χ1) is 11.2.